The third kappa shape index (κ3) is 5.83. The van der Waals surface area contributed by atoms with E-state index in [1.165, 1.54) is 12.1 Å². The van der Waals surface area contributed by atoms with Crippen molar-refractivity contribution in [1.82, 2.24) is 9.97 Å². The molecular formula is C29H29ClF3N5O4. The van der Waals surface area contributed by atoms with Crippen molar-refractivity contribution in [3.05, 3.63) is 59.1 Å². The fourth-order valence-corrected chi connectivity index (χ4v) is 5.76. The van der Waals surface area contributed by atoms with E-state index in [4.69, 9.17) is 25.8 Å². The third-order valence-corrected chi connectivity index (χ3v) is 7.68. The zero-order chi connectivity index (χ0) is 29.6. The number of pyridine rings is 2. The van der Waals surface area contributed by atoms with Crippen LogP contribution >= 0.6 is 11.6 Å². The van der Waals surface area contributed by atoms with Gasteiger partial charge in [-0.1, -0.05) is 29.8 Å². The Labute approximate surface area is 245 Å². The van der Waals surface area contributed by atoms with Crippen LogP contribution in [0, 0.1) is 0 Å². The second-order valence-electron chi connectivity index (χ2n) is 10.9. The number of halogens is 4. The van der Waals surface area contributed by atoms with Crippen LogP contribution in [0.4, 0.5) is 35.3 Å². The van der Waals surface area contributed by atoms with Crippen LogP contribution in [-0.4, -0.2) is 60.2 Å². The van der Waals surface area contributed by atoms with Crippen LogP contribution in [0.3, 0.4) is 0 Å². The highest BCUT2D eigenvalue weighted by molar-refractivity contribution is 6.33. The Morgan fingerprint density at radius 2 is 2.00 bits per heavy atom. The molecule has 1 unspecified atom stereocenters. The van der Waals surface area contributed by atoms with Gasteiger partial charge in [0.05, 0.1) is 34.6 Å². The molecule has 2 amide bonds. The number of benzene rings is 1. The fourth-order valence-electron chi connectivity index (χ4n) is 5.50. The molecule has 2 atom stereocenters. The van der Waals surface area contributed by atoms with Crippen molar-refractivity contribution in [1.29, 1.82) is 0 Å². The minimum Gasteiger partial charge on any atom is -0.475 e. The zero-order valence-corrected chi connectivity index (χ0v) is 23.7. The van der Waals surface area contributed by atoms with Crippen LogP contribution in [0.2, 0.25) is 5.02 Å². The molecule has 3 aliphatic heterocycles. The summed E-state index contributed by atoms with van der Waals surface area (Å²) >= 11 is 6.58. The van der Waals surface area contributed by atoms with Crippen molar-refractivity contribution in [3.63, 3.8) is 0 Å². The summed E-state index contributed by atoms with van der Waals surface area (Å²) in [6, 6.07) is 10.9. The first-order valence-electron chi connectivity index (χ1n) is 13.6. The van der Waals surface area contributed by atoms with Gasteiger partial charge in [-0.05, 0) is 51.0 Å². The second-order valence-corrected chi connectivity index (χ2v) is 11.3. The number of anilines is 3. The number of alkyl halides is 3. The Morgan fingerprint density at radius 3 is 2.76 bits per heavy atom. The molecule has 0 saturated carbocycles. The number of rotatable bonds is 5. The Morgan fingerprint density at radius 1 is 1.19 bits per heavy atom. The number of hydrogen-bond donors (Lipinski definition) is 1. The Kier molecular flexibility index (Phi) is 7.40. The standard InChI is InChI=1S/C29H29ClF3N5O4/c1-28(2)41-16-20(42-28)15-40-24-10-4-9-23(34-24)35-27(39)38-19-8-5-11-37(14-19)22-13-21(30)25(36-26(22)38)17-6-3-7-18(12-17)29(31,32)33/h3-4,6-7,9-10,12-13,19-20H,5,8,11,14-16H2,1-2H3,(H,34,35,39)/t19-,20?/m0/s1. The second kappa shape index (κ2) is 10.9. The lowest BCUT2D eigenvalue weighted by Crippen LogP contribution is -2.56. The lowest BCUT2D eigenvalue weighted by atomic mass is 9.99. The quantitative estimate of drug-likeness (QED) is 0.363. The van der Waals surface area contributed by atoms with E-state index in [1.54, 1.807) is 29.2 Å². The van der Waals surface area contributed by atoms with Crippen molar-refractivity contribution >= 4 is 35.0 Å². The maximum absolute atomic E-state index is 13.8. The van der Waals surface area contributed by atoms with Crippen LogP contribution in [0.5, 0.6) is 5.88 Å². The highest BCUT2D eigenvalue weighted by atomic mass is 35.5. The molecule has 0 aliphatic carbocycles. The van der Waals surface area contributed by atoms with Gasteiger partial charge < -0.3 is 19.1 Å². The van der Waals surface area contributed by atoms with Crippen LogP contribution in [0.25, 0.3) is 11.3 Å². The topological polar surface area (TPSA) is 89.1 Å². The number of fused-ring (bicyclic) bond motifs is 4. The molecule has 3 aliphatic rings. The number of hydrogen-bond acceptors (Lipinski definition) is 7. The SMILES string of the molecule is CC1(C)OCC(COc2cccc(NC(=O)N3c4nc(-c5cccc(C(F)(F)F)c5)c(Cl)cc4N4CCC[C@H]3C4)n2)O1. The summed E-state index contributed by atoms with van der Waals surface area (Å²) in [6.45, 7) is 5.63. The van der Waals surface area contributed by atoms with Gasteiger partial charge in [-0.15, -0.1) is 0 Å². The van der Waals surface area contributed by atoms with Crippen molar-refractivity contribution in [2.24, 2.45) is 0 Å². The molecule has 2 saturated heterocycles. The summed E-state index contributed by atoms with van der Waals surface area (Å²) in [7, 11) is 0. The smallest absolute Gasteiger partial charge is 0.416 e. The van der Waals surface area contributed by atoms with E-state index < -0.39 is 23.6 Å². The summed E-state index contributed by atoms with van der Waals surface area (Å²) in [5.74, 6) is 0.235. The number of carbonyl (C=O) groups excluding carboxylic acids is 1. The highest BCUT2D eigenvalue weighted by Gasteiger charge is 2.39. The lowest BCUT2D eigenvalue weighted by Gasteiger charge is -2.46. The van der Waals surface area contributed by atoms with E-state index >= 15 is 0 Å². The highest BCUT2D eigenvalue weighted by Crippen LogP contribution is 2.43. The number of nitrogens with zero attached hydrogens (tertiary/aromatic N) is 4. The minimum absolute atomic E-state index is 0.162. The monoisotopic (exact) mass is 603 g/mol. The Balaban J connectivity index is 1.27. The maximum Gasteiger partial charge on any atom is 0.416 e. The molecule has 3 aromatic rings. The van der Waals surface area contributed by atoms with Gasteiger partial charge in [0.25, 0.3) is 0 Å². The number of nitrogens with one attached hydrogen (secondary N) is 1. The number of urea groups is 1. The van der Waals surface area contributed by atoms with Crippen molar-refractivity contribution in [3.8, 4) is 17.1 Å². The Bertz CT molecular complexity index is 1500. The molecule has 0 radical (unpaired) electrons. The van der Waals surface area contributed by atoms with E-state index in [0.717, 1.165) is 31.5 Å². The number of aromatic nitrogens is 2. The predicted molar refractivity (Wildman–Crippen MR) is 151 cm³/mol. The first kappa shape index (κ1) is 28.5. The molecular weight excluding hydrogens is 575 g/mol. The van der Waals surface area contributed by atoms with Crippen LogP contribution in [-0.2, 0) is 15.7 Å². The van der Waals surface area contributed by atoms with Gasteiger partial charge in [0.2, 0.25) is 5.88 Å². The molecule has 9 nitrogen and oxygen atoms in total. The van der Waals surface area contributed by atoms with Crippen LogP contribution in [0.15, 0.2) is 48.5 Å². The molecule has 6 rings (SSSR count). The van der Waals surface area contributed by atoms with Crippen molar-refractivity contribution < 1.29 is 32.2 Å². The molecule has 1 N–H and O–H groups in total. The molecule has 1 aromatic carbocycles. The number of ether oxygens (including phenoxy) is 3. The fraction of sp³-hybridized carbons (Fsp3) is 0.414. The van der Waals surface area contributed by atoms with Gasteiger partial charge in [0, 0.05) is 24.7 Å². The van der Waals surface area contributed by atoms with E-state index in [-0.39, 0.29) is 40.9 Å². The molecule has 2 aromatic heterocycles. The molecule has 0 spiro atoms. The molecule has 5 heterocycles. The van der Waals surface area contributed by atoms with Gasteiger partial charge in [0.15, 0.2) is 11.6 Å². The summed E-state index contributed by atoms with van der Waals surface area (Å²) in [4.78, 5) is 26.5. The lowest BCUT2D eigenvalue weighted by molar-refractivity contribution is -0.141. The van der Waals surface area contributed by atoms with E-state index in [2.05, 4.69) is 20.2 Å². The van der Waals surface area contributed by atoms with Gasteiger partial charge in [-0.25, -0.2) is 9.78 Å². The maximum atomic E-state index is 13.8. The molecule has 2 bridgehead atoms. The largest absolute Gasteiger partial charge is 0.475 e. The average Bonchev–Trinajstić information content (AvgIpc) is 3.30. The number of piperidine rings is 1. The van der Waals surface area contributed by atoms with Gasteiger partial charge in [-0.3, -0.25) is 10.2 Å². The molecule has 2 fully saturated rings. The summed E-state index contributed by atoms with van der Waals surface area (Å²) in [6.07, 6.45) is -3.18. The third-order valence-electron chi connectivity index (χ3n) is 7.39. The first-order valence-corrected chi connectivity index (χ1v) is 14.0. The molecule has 42 heavy (non-hydrogen) atoms. The minimum atomic E-state index is -4.52. The summed E-state index contributed by atoms with van der Waals surface area (Å²) in [5.41, 5.74) is 0.203. The van der Waals surface area contributed by atoms with Gasteiger partial charge in [-0.2, -0.15) is 18.2 Å². The van der Waals surface area contributed by atoms with E-state index in [0.29, 0.717) is 30.5 Å². The zero-order valence-electron chi connectivity index (χ0n) is 22.9. The normalized spacial score (nSPS) is 21.2. The van der Waals surface area contributed by atoms with Crippen molar-refractivity contribution in [2.75, 3.05) is 41.4 Å². The van der Waals surface area contributed by atoms with E-state index in [1.807, 2.05) is 13.8 Å². The molecule has 13 heteroatoms. The average molecular weight is 604 g/mol. The predicted octanol–water partition coefficient (Wildman–Crippen LogP) is 6.37. The van der Waals surface area contributed by atoms with E-state index in [9.17, 15) is 18.0 Å². The van der Waals surface area contributed by atoms with Crippen LogP contribution in [0.1, 0.15) is 32.3 Å². The molecule has 222 valence electrons. The summed E-state index contributed by atoms with van der Waals surface area (Å²) in [5, 5.41) is 3.04. The first-order chi connectivity index (χ1) is 20.0. The number of amides is 2. The summed E-state index contributed by atoms with van der Waals surface area (Å²) < 4.78 is 57.4. The number of carbonyl (C=O) groups is 1. The van der Waals surface area contributed by atoms with Crippen molar-refractivity contribution in [2.45, 2.75) is 50.8 Å². The van der Waals surface area contributed by atoms with Gasteiger partial charge >= 0.3 is 12.2 Å². The van der Waals surface area contributed by atoms with Crippen LogP contribution < -0.4 is 19.9 Å². The van der Waals surface area contributed by atoms with Gasteiger partial charge in [0.1, 0.15) is 18.5 Å². The Hall–Kier alpha value is -3.61.